The Kier molecular flexibility index (Phi) is 4.37. The van der Waals surface area contributed by atoms with Crippen molar-refractivity contribution in [3.8, 4) is 11.1 Å². The van der Waals surface area contributed by atoms with Crippen LogP contribution in [0.5, 0.6) is 0 Å². The molecule has 0 bridgehead atoms. The number of rotatable bonds is 2. The molecule has 0 aliphatic heterocycles. The van der Waals surface area contributed by atoms with E-state index in [4.69, 9.17) is 11.5 Å². The molecule has 3 aliphatic carbocycles. The minimum atomic E-state index is 0.100. The largest absolute Gasteiger partial charge is 0.328 e. The molecule has 0 saturated heterocycles. The molecule has 2 aromatic rings. The van der Waals surface area contributed by atoms with E-state index in [9.17, 15) is 0 Å². The van der Waals surface area contributed by atoms with Gasteiger partial charge in [-0.1, -0.05) is 61.4 Å². The maximum atomic E-state index is 6.52. The first-order valence-corrected chi connectivity index (χ1v) is 10.9. The number of benzene rings is 2. The molecule has 2 fully saturated rings. The molecule has 0 heterocycles. The van der Waals surface area contributed by atoms with E-state index < -0.39 is 0 Å². The van der Waals surface area contributed by atoms with E-state index in [1.165, 1.54) is 49.7 Å². The first-order valence-electron chi connectivity index (χ1n) is 10.9. The Labute approximate surface area is 163 Å². The van der Waals surface area contributed by atoms with Gasteiger partial charge in [0.25, 0.3) is 0 Å². The summed E-state index contributed by atoms with van der Waals surface area (Å²) < 4.78 is 0. The van der Waals surface area contributed by atoms with Crippen LogP contribution in [-0.4, -0.2) is 12.1 Å². The second-order valence-corrected chi connectivity index (χ2v) is 9.21. The average molecular weight is 361 g/mol. The van der Waals surface area contributed by atoms with Crippen molar-refractivity contribution >= 4 is 0 Å². The zero-order valence-corrected chi connectivity index (χ0v) is 16.2. The van der Waals surface area contributed by atoms with E-state index in [1.54, 1.807) is 11.1 Å². The summed E-state index contributed by atoms with van der Waals surface area (Å²) in [6.07, 6.45) is 9.76. The molecule has 0 radical (unpaired) electrons. The molecule has 2 heteroatoms. The summed E-state index contributed by atoms with van der Waals surface area (Å²) in [5.74, 6) is 1.25. The molecule has 2 saturated carbocycles. The van der Waals surface area contributed by atoms with Crippen molar-refractivity contribution < 1.29 is 0 Å². The third-order valence-corrected chi connectivity index (χ3v) is 7.75. The van der Waals surface area contributed by atoms with E-state index in [2.05, 4.69) is 48.5 Å². The van der Waals surface area contributed by atoms with E-state index in [0.717, 1.165) is 12.8 Å². The van der Waals surface area contributed by atoms with Crippen molar-refractivity contribution in [3.05, 3.63) is 59.7 Å². The van der Waals surface area contributed by atoms with Gasteiger partial charge in [0.15, 0.2) is 0 Å². The lowest BCUT2D eigenvalue weighted by Gasteiger charge is -2.50. The maximum Gasteiger partial charge on any atom is 0.0272 e. The smallest absolute Gasteiger partial charge is 0.0272 e. The number of hydrogen-bond donors (Lipinski definition) is 2. The highest BCUT2D eigenvalue weighted by Gasteiger charge is 2.54. The molecule has 2 aromatic carbocycles. The average Bonchev–Trinajstić information content (AvgIpc) is 3.00. The molecule has 5 rings (SSSR count). The van der Waals surface area contributed by atoms with Gasteiger partial charge in [-0.05, 0) is 72.6 Å². The summed E-state index contributed by atoms with van der Waals surface area (Å²) >= 11 is 0. The predicted molar refractivity (Wildman–Crippen MR) is 113 cm³/mol. The summed E-state index contributed by atoms with van der Waals surface area (Å²) in [5, 5.41) is 0. The zero-order chi connectivity index (χ0) is 18.4. The Morgan fingerprint density at radius 2 is 1.07 bits per heavy atom. The highest BCUT2D eigenvalue weighted by molar-refractivity contribution is 5.81. The number of nitrogens with two attached hydrogens (primary N) is 2. The molecule has 2 nitrogen and oxygen atoms in total. The fourth-order valence-electron chi connectivity index (χ4n) is 6.80. The fourth-order valence-corrected chi connectivity index (χ4v) is 6.80. The van der Waals surface area contributed by atoms with Crippen LogP contribution in [0.15, 0.2) is 48.5 Å². The first-order chi connectivity index (χ1) is 13.2. The highest BCUT2D eigenvalue weighted by atomic mass is 14.7. The molecular formula is C25H32N2. The van der Waals surface area contributed by atoms with Crippen molar-refractivity contribution in [2.24, 2.45) is 23.3 Å². The third-order valence-electron chi connectivity index (χ3n) is 7.75. The van der Waals surface area contributed by atoms with Gasteiger partial charge in [0.1, 0.15) is 0 Å². The van der Waals surface area contributed by atoms with Crippen LogP contribution in [0.4, 0.5) is 0 Å². The van der Waals surface area contributed by atoms with Gasteiger partial charge in [0, 0.05) is 17.5 Å². The van der Waals surface area contributed by atoms with Gasteiger partial charge in [-0.15, -0.1) is 0 Å². The van der Waals surface area contributed by atoms with Crippen LogP contribution in [0.25, 0.3) is 11.1 Å². The van der Waals surface area contributed by atoms with Gasteiger partial charge >= 0.3 is 0 Å². The van der Waals surface area contributed by atoms with Crippen LogP contribution in [0.1, 0.15) is 62.5 Å². The van der Waals surface area contributed by atoms with Crippen LogP contribution in [-0.2, 0) is 5.41 Å². The monoisotopic (exact) mass is 360 g/mol. The van der Waals surface area contributed by atoms with Gasteiger partial charge in [0.05, 0.1) is 0 Å². The molecule has 27 heavy (non-hydrogen) atoms. The fraction of sp³-hybridized carbons (Fsp3) is 0.520. The molecule has 3 aliphatic rings. The summed E-state index contributed by atoms with van der Waals surface area (Å²) in [6, 6.07) is 19.1. The summed E-state index contributed by atoms with van der Waals surface area (Å²) in [7, 11) is 0. The van der Waals surface area contributed by atoms with E-state index >= 15 is 0 Å². The van der Waals surface area contributed by atoms with Crippen LogP contribution in [0.3, 0.4) is 0 Å². The lowest BCUT2D eigenvalue weighted by Crippen LogP contribution is -2.48. The molecule has 0 amide bonds. The minimum absolute atomic E-state index is 0.100. The van der Waals surface area contributed by atoms with Crippen LogP contribution < -0.4 is 11.5 Å². The van der Waals surface area contributed by atoms with Gasteiger partial charge in [0.2, 0.25) is 0 Å². The van der Waals surface area contributed by atoms with Crippen LogP contribution >= 0.6 is 0 Å². The Bertz CT molecular complexity index is 757. The zero-order valence-electron chi connectivity index (χ0n) is 16.2. The second kappa shape index (κ2) is 6.76. The predicted octanol–water partition coefficient (Wildman–Crippen LogP) is 4.99. The van der Waals surface area contributed by atoms with Crippen LogP contribution in [0, 0.1) is 11.8 Å². The minimum Gasteiger partial charge on any atom is -0.328 e. The Balaban J connectivity index is 1.75. The highest BCUT2D eigenvalue weighted by Crippen LogP contribution is 2.61. The quantitative estimate of drug-likeness (QED) is 0.793. The molecule has 4 unspecified atom stereocenters. The van der Waals surface area contributed by atoms with E-state index in [-0.39, 0.29) is 5.41 Å². The van der Waals surface area contributed by atoms with Crippen molar-refractivity contribution in [3.63, 3.8) is 0 Å². The van der Waals surface area contributed by atoms with Gasteiger partial charge in [-0.25, -0.2) is 0 Å². The number of hydrogen-bond acceptors (Lipinski definition) is 2. The lowest BCUT2D eigenvalue weighted by atomic mass is 9.54. The summed E-state index contributed by atoms with van der Waals surface area (Å²) in [4.78, 5) is 0. The Hall–Kier alpha value is -1.64. The Morgan fingerprint density at radius 3 is 1.52 bits per heavy atom. The standard InChI is InChI=1S/C25H32N2/c26-19-9-5-7-17(15-19)25(18-8-6-10-20(27)16-18)23-13-3-1-11-21(23)22-12-2-4-14-24(22)25/h1-4,11-14,17-20H,5-10,15-16,26-27H2. The second-order valence-electron chi connectivity index (χ2n) is 9.21. The molecular weight excluding hydrogens is 328 g/mol. The van der Waals surface area contributed by atoms with Crippen molar-refractivity contribution in [2.45, 2.75) is 68.9 Å². The molecule has 142 valence electrons. The molecule has 0 aromatic heterocycles. The first kappa shape index (κ1) is 17.5. The molecule has 0 spiro atoms. The summed E-state index contributed by atoms with van der Waals surface area (Å²) in [6.45, 7) is 0. The van der Waals surface area contributed by atoms with Crippen LogP contribution in [0.2, 0.25) is 0 Å². The lowest BCUT2D eigenvalue weighted by molar-refractivity contribution is 0.123. The van der Waals surface area contributed by atoms with Crippen molar-refractivity contribution in [1.82, 2.24) is 0 Å². The Morgan fingerprint density at radius 1 is 0.630 bits per heavy atom. The number of fused-ring (bicyclic) bond motifs is 3. The van der Waals surface area contributed by atoms with E-state index in [0.29, 0.717) is 23.9 Å². The molecule has 4 atom stereocenters. The van der Waals surface area contributed by atoms with Gasteiger partial charge in [-0.3, -0.25) is 0 Å². The SMILES string of the molecule is NC1CCCC(C2(C3CCCC(N)C3)c3ccccc3-c3ccccc32)C1. The van der Waals surface area contributed by atoms with Crippen molar-refractivity contribution in [2.75, 3.05) is 0 Å². The van der Waals surface area contributed by atoms with Gasteiger partial charge in [-0.2, -0.15) is 0 Å². The third kappa shape index (κ3) is 2.61. The molecule has 4 N–H and O–H groups in total. The maximum absolute atomic E-state index is 6.52. The van der Waals surface area contributed by atoms with Gasteiger partial charge < -0.3 is 11.5 Å². The topological polar surface area (TPSA) is 52.0 Å². The normalized spacial score (nSPS) is 31.9. The summed E-state index contributed by atoms with van der Waals surface area (Å²) in [5.41, 5.74) is 19.2. The van der Waals surface area contributed by atoms with E-state index in [1.807, 2.05) is 0 Å². The van der Waals surface area contributed by atoms with Crippen molar-refractivity contribution in [1.29, 1.82) is 0 Å².